The fourth-order valence-electron chi connectivity index (χ4n) is 8.17. The van der Waals surface area contributed by atoms with Crippen molar-refractivity contribution in [2.45, 2.75) is 26.2 Å². The van der Waals surface area contributed by atoms with Gasteiger partial charge in [-0.1, -0.05) is 159 Å². The summed E-state index contributed by atoms with van der Waals surface area (Å²) >= 11 is 0. The molecule has 0 radical (unpaired) electrons. The van der Waals surface area contributed by atoms with Crippen LogP contribution in [0.2, 0.25) is 0 Å². The molecule has 9 rings (SSSR count). The lowest BCUT2D eigenvalue weighted by Crippen LogP contribution is -2.17. The van der Waals surface area contributed by atoms with Gasteiger partial charge in [0.05, 0.1) is 5.69 Å². The van der Waals surface area contributed by atoms with Crippen LogP contribution >= 0.6 is 0 Å². The molecule has 0 aromatic heterocycles. The van der Waals surface area contributed by atoms with Crippen LogP contribution in [-0.2, 0) is 5.41 Å². The predicted octanol–water partition coefficient (Wildman–Crippen LogP) is 13.9. The Morgan fingerprint density at radius 1 is 0.392 bits per heavy atom. The fraction of sp³-hybridized carbons (Fsp3) is 0.0800. The molecule has 1 aliphatic rings. The highest BCUT2D eigenvalue weighted by molar-refractivity contribution is 6.01. The summed E-state index contributed by atoms with van der Waals surface area (Å²) in [7, 11) is 0. The minimum Gasteiger partial charge on any atom is -0.310 e. The van der Waals surface area contributed by atoms with Gasteiger partial charge in [-0.2, -0.15) is 0 Å². The van der Waals surface area contributed by atoms with Crippen LogP contribution in [0.3, 0.4) is 0 Å². The van der Waals surface area contributed by atoms with Crippen molar-refractivity contribution in [1.82, 2.24) is 0 Å². The maximum Gasteiger partial charge on any atom is 0.0546 e. The molecule has 0 spiro atoms. The van der Waals surface area contributed by atoms with Crippen molar-refractivity contribution in [1.29, 1.82) is 0 Å². The molecule has 8 aromatic rings. The van der Waals surface area contributed by atoms with E-state index in [-0.39, 0.29) is 5.41 Å². The first-order valence-electron chi connectivity index (χ1n) is 17.9. The molecule has 0 saturated carbocycles. The van der Waals surface area contributed by atoms with Crippen molar-refractivity contribution in [2.75, 3.05) is 4.90 Å². The van der Waals surface area contributed by atoms with E-state index in [0.29, 0.717) is 0 Å². The van der Waals surface area contributed by atoms with Crippen LogP contribution in [0, 0.1) is 6.92 Å². The molecule has 0 atom stereocenters. The molecule has 244 valence electrons. The van der Waals surface area contributed by atoms with Crippen molar-refractivity contribution in [2.24, 2.45) is 0 Å². The second-order valence-corrected chi connectivity index (χ2v) is 14.2. The molecule has 0 heterocycles. The number of hydrogen-bond acceptors (Lipinski definition) is 1. The zero-order valence-corrected chi connectivity index (χ0v) is 29.3. The monoisotopic (exact) mass is 653 g/mol. The molecule has 1 heteroatoms. The highest BCUT2D eigenvalue weighted by Crippen LogP contribution is 2.53. The summed E-state index contributed by atoms with van der Waals surface area (Å²) in [4.78, 5) is 2.48. The number of benzene rings is 8. The van der Waals surface area contributed by atoms with Crippen LogP contribution in [-0.4, -0.2) is 0 Å². The molecule has 0 fully saturated rings. The maximum absolute atomic E-state index is 2.48. The lowest BCUT2D eigenvalue weighted by Gasteiger charge is -2.30. The topological polar surface area (TPSA) is 3.24 Å². The van der Waals surface area contributed by atoms with E-state index in [0.717, 1.165) is 17.1 Å². The average molecular weight is 654 g/mol. The molecule has 0 N–H and O–H groups in total. The average Bonchev–Trinajstić information content (AvgIpc) is 3.42. The second-order valence-electron chi connectivity index (χ2n) is 14.2. The third-order valence-electron chi connectivity index (χ3n) is 10.8. The Bertz CT molecular complexity index is 2540. The van der Waals surface area contributed by atoms with Gasteiger partial charge in [0.15, 0.2) is 0 Å². The number of rotatable bonds is 6. The Labute approximate surface area is 301 Å². The van der Waals surface area contributed by atoms with E-state index in [2.05, 4.69) is 208 Å². The standard InChI is InChI=1S/C50H39N/c1-34-15-14-24-46-49(34)44-30-29-41(33-47(44)50(46,2)3)51(40-27-25-36(26-28-40)35-16-6-4-7-17-35)48-32-39-21-11-10-20-38(39)31-45(48)43-23-13-12-22-42(43)37-18-8-5-9-19-37/h4-33H,1-3H3. The van der Waals surface area contributed by atoms with E-state index < -0.39 is 0 Å². The minimum absolute atomic E-state index is 0.123. The lowest BCUT2D eigenvalue weighted by molar-refractivity contribution is 0.660. The highest BCUT2D eigenvalue weighted by Gasteiger charge is 2.37. The summed E-state index contributed by atoms with van der Waals surface area (Å²) in [6, 6.07) is 66.7. The molecular weight excluding hydrogens is 615 g/mol. The van der Waals surface area contributed by atoms with Gasteiger partial charge in [0.1, 0.15) is 0 Å². The van der Waals surface area contributed by atoms with E-state index >= 15 is 0 Å². The van der Waals surface area contributed by atoms with Gasteiger partial charge in [-0.15, -0.1) is 0 Å². The van der Waals surface area contributed by atoms with E-state index in [1.165, 1.54) is 72.0 Å². The first kappa shape index (κ1) is 30.8. The minimum atomic E-state index is -0.123. The van der Waals surface area contributed by atoms with E-state index in [4.69, 9.17) is 0 Å². The Hall–Kier alpha value is -6.18. The Morgan fingerprint density at radius 2 is 0.980 bits per heavy atom. The van der Waals surface area contributed by atoms with Gasteiger partial charge in [-0.05, 0) is 110 Å². The lowest BCUT2D eigenvalue weighted by atomic mass is 9.82. The van der Waals surface area contributed by atoms with Gasteiger partial charge in [0.2, 0.25) is 0 Å². The van der Waals surface area contributed by atoms with E-state index in [1.807, 2.05) is 0 Å². The molecule has 1 nitrogen and oxygen atoms in total. The first-order chi connectivity index (χ1) is 25.0. The van der Waals surface area contributed by atoms with Gasteiger partial charge in [-0.25, -0.2) is 0 Å². The molecule has 0 bridgehead atoms. The first-order valence-corrected chi connectivity index (χ1v) is 17.9. The zero-order valence-electron chi connectivity index (χ0n) is 29.3. The van der Waals surface area contributed by atoms with Crippen molar-refractivity contribution in [3.63, 3.8) is 0 Å². The number of hydrogen-bond donors (Lipinski definition) is 0. The summed E-state index contributed by atoms with van der Waals surface area (Å²) in [5, 5.41) is 2.43. The predicted molar refractivity (Wildman–Crippen MR) is 217 cm³/mol. The van der Waals surface area contributed by atoms with Gasteiger partial charge in [-0.3, -0.25) is 0 Å². The number of fused-ring (bicyclic) bond motifs is 4. The molecule has 51 heavy (non-hydrogen) atoms. The quantitative estimate of drug-likeness (QED) is 0.173. The summed E-state index contributed by atoms with van der Waals surface area (Å²) in [5.41, 5.74) is 17.3. The fourth-order valence-corrected chi connectivity index (χ4v) is 8.17. The van der Waals surface area contributed by atoms with Crippen LogP contribution < -0.4 is 4.90 Å². The van der Waals surface area contributed by atoms with Crippen molar-refractivity contribution in [3.05, 3.63) is 199 Å². The number of nitrogens with zero attached hydrogens (tertiary/aromatic N) is 1. The van der Waals surface area contributed by atoms with Crippen molar-refractivity contribution >= 4 is 27.8 Å². The molecule has 0 amide bonds. The van der Waals surface area contributed by atoms with Crippen LogP contribution in [0.4, 0.5) is 17.1 Å². The number of anilines is 3. The largest absolute Gasteiger partial charge is 0.310 e. The summed E-state index contributed by atoms with van der Waals surface area (Å²) in [6.07, 6.45) is 0. The highest BCUT2D eigenvalue weighted by atomic mass is 15.1. The van der Waals surface area contributed by atoms with Crippen molar-refractivity contribution < 1.29 is 0 Å². The summed E-state index contributed by atoms with van der Waals surface area (Å²) in [6.45, 7) is 6.99. The van der Waals surface area contributed by atoms with E-state index in [1.54, 1.807) is 0 Å². The second kappa shape index (κ2) is 12.3. The van der Waals surface area contributed by atoms with Crippen LogP contribution in [0.1, 0.15) is 30.5 Å². The smallest absolute Gasteiger partial charge is 0.0546 e. The van der Waals surface area contributed by atoms with Crippen LogP contribution in [0.25, 0.3) is 55.3 Å². The third-order valence-corrected chi connectivity index (χ3v) is 10.8. The maximum atomic E-state index is 2.48. The Morgan fingerprint density at radius 3 is 1.71 bits per heavy atom. The molecular formula is C50H39N. The van der Waals surface area contributed by atoms with Gasteiger partial charge in [0, 0.05) is 22.4 Å². The SMILES string of the molecule is Cc1cccc2c1-c1ccc(N(c3ccc(-c4ccccc4)cc3)c3cc4ccccc4cc3-c3ccccc3-c3ccccc3)cc1C2(C)C. The van der Waals surface area contributed by atoms with Crippen LogP contribution in [0.15, 0.2) is 182 Å². The normalized spacial score (nSPS) is 12.8. The summed E-state index contributed by atoms with van der Waals surface area (Å²) < 4.78 is 0. The molecule has 0 unspecified atom stereocenters. The molecule has 0 saturated heterocycles. The number of aryl methyl sites for hydroxylation is 1. The molecule has 8 aromatic carbocycles. The Kier molecular flexibility index (Phi) is 7.44. The zero-order chi connectivity index (χ0) is 34.5. The summed E-state index contributed by atoms with van der Waals surface area (Å²) in [5.74, 6) is 0. The third kappa shape index (κ3) is 5.25. The molecule has 0 aliphatic heterocycles. The molecule has 1 aliphatic carbocycles. The van der Waals surface area contributed by atoms with Gasteiger partial charge in [0.25, 0.3) is 0 Å². The Balaban J connectivity index is 1.31. The van der Waals surface area contributed by atoms with Gasteiger partial charge < -0.3 is 4.90 Å². The van der Waals surface area contributed by atoms with Crippen LogP contribution in [0.5, 0.6) is 0 Å². The van der Waals surface area contributed by atoms with Crippen molar-refractivity contribution in [3.8, 4) is 44.5 Å². The van der Waals surface area contributed by atoms with E-state index in [9.17, 15) is 0 Å². The van der Waals surface area contributed by atoms with Gasteiger partial charge >= 0.3 is 0 Å².